The highest BCUT2D eigenvalue weighted by Crippen LogP contribution is 2.29. The van der Waals surface area contributed by atoms with Crippen molar-refractivity contribution in [3.05, 3.63) is 17.8 Å². The van der Waals surface area contributed by atoms with E-state index in [4.69, 9.17) is 10.5 Å². The first-order chi connectivity index (χ1) is 8.74. The summed E-state index contributed by atoms with van der Waals surface area (Å²) in [6, 6.07) is 1.92. The summed E-state index contributed by atoms with van der Waals surface area (Å²) in [5.41, 5.74) is 7.54. The highest BCUT2D eigenvalue weighted by Gasteiger charge is 2.22. The molecule has 1 fully saturated rings. The van der Waals surface area contributed by atoms with Crippen LogP contribution in [-0.4, -0.2) is 43.6 Å². The summed E-state index contributed by atoms with van der Waals surface area (Å²) in [5.74, 6) is 0.835. The Labute approximate surface area is 108 Å². The van der Waals surface area contributed by atoms with Gasteiger partial charge in [0.05, 0.1) is 19.0 Å². The van der Waals surface area contributed by atoms with Crippen molar-refractivity contribution in [2.24, 2.45) is 0 Å². The molecule has 1 aliphatic heterocycles. The van der Waals surface area contributed by atoms with Crippen molar-refractivity contribution >= 4 is 19.3 Å². The third kappa shape index (κ3) is 2.82. The number of anilines is 1. The van der Waals surface area contributed by atoms with Crippen LogP contribution in [0.15, 0.2) is 12.3 Å². The number of piperidine rings is 1. The summed E-state index contributed by atoms with van der Waals surface area (Å²) < 4.78 is 5.05. The lowest BCUT2D eigenvalue weighted by Crippen LogP contribution is -2.37. The van der Waals surface area contributed by atoms with E-state index in [9.17, 15) is 4.79 Å². The second kappa shape index (κ2) is 5.86. The number of aromatic nitrogens is 1. The van der Waals surface area contributed by atoms with Crippen LogP contribution in [0.4, 0.5) is 5.69 Å². The Kier molecular flexibility index (Phi) is 4.20. The predicted octanol–water partition coefficient (Wildman–Crippen LogP) is 0.661. The molecule has 0 saturated carbocycles. The highest BCUT2D eigenvalue weighted by molar-refractivity contribution is 6.64. The van der Waals surface area contributed by atoms with Crippen LogP contribution in [-0.2, 0) is 4.79 Å². The lowest BCUT2D eigenvalue weighted by Gasteiger charge is -2.31. The van der Waals surface area contributed by atoms with Crippen molar-refractivity contribution in [3.8, 4) is 5.88 Å². The van der Waals surface area contributed by atoms with Crippen molar-refractivity contribution in [2.45, 2.75) is 18.8 Å². The van der Waals surface area contributed by atoms with Gasteiger partial charge in [0.15, 0.2) is 0 Å². The minimum absolute atomic E-state index is 0.371. The zero-order valence-corrected chi connectivity index (χ0v) is 10.5. The van der Waals surface area contributed by atoms with Crippen LogP contribution >= 0.6 is 0 Å². The number of rotatable bonds is 4. The molecule has 1 atom stereocenters. The van der Waals surface area contributed by atoms with Crippen LogP contribution in [0.3, 0.4) is 0 Å². The third-order valence-corrected chi connectivity index (χ3v) is 3.29. The van der Waals surface area contributed by atoms with Gasteiger partial charge in [-0.2, -0.15) is 0 Å². The molecule has 1 aromatic rings. The van der Waals surface area contributed by atoms with E-state index in [-0.39, 0.29) is 0 Å². The number of carbonyl (C=O) groups is 1. The Morgan fingerprint density at radius 2 is 2.50 bits per heavy atom. The second-order valence-corrected chi connectivity index (χ2v) is 4.49. The molecule has 0 aliphatic carbocycles. The molecule has 1 aromatic heterocycles. The number of nitrogens with zero attached hydrogens (tertiary/aromatic N) is 2. The maximum Gasteiger partial charge on any atom is 0.293 e. The van der Waals surface area contributed by atoms with E-state index < -0.39 is 0 Å². The minimum Gasteiger partial charge on any atom is -0.480 e. The van der Waals surface area contributed by atoms with Gasteiger partial charge < -0.3 is 20.1 Å². The molecule has 2 N–H and O–H groups in total. The number of hydrogen-bond acceptors (Lipinski definition) is 5. The van der Waals surface area contributed by atoms with Gasteiger partial charge >= 0.3 is 0 Å². The van der Waals surface area contributed by atoms with Crippen LogP contribution in [0.1, 0.15) is 24.3 Å². The van der Waals surface area contributed by atoms with Crippen LogP contribution in [0, 0.1) is 0 Å². The fourth-order valence-electron chi connectivity index (χ4n) is 2.38. The molecular weight excluding hydrogens is 229 g/mol. The average Bonchev–Trinajstić information content (AvgIpc) is 2.39. The quantitative estimate of drug-likeness (QED) is 0.624. The molecule has 1 radical (unpaired) electrons. The zero-order chi connectivity index (χ0) is 13.0. The largest absolute Gasteiger partial charge is 0.480 e. The number of ether oxygens (including phenoxy) is 1. The molecule has 1 saturated heterocycles. The second-order valence-electron chi connectivity index (χ2n) is 4.49. The monoisotopic (exact) mass is 246 g/mol. The fourth-order valence-corrected chi connectivity index (χ4v) is 2.38. The van der Waals surface area contributed by atoms with Gasteiger partial charge in [0.2, 0.25) is 5.88 Å². The molecule has 1 aliphatic rings. The van der Waals surface area contributed by atoms with Gasteiger partial charge in [-0.15, -0.1) is 0 Å². The third-order valence-electron chi connectivity index (χ3n) is 3.29. The van der Waals surface area contributed by atoms with Crippen LogP contribution in [0.25, 0.3) is 0 Å². The van der Waals surface area contributed by atoms with Crippen molar-refractivity contribution < 1.29 is 9.53 Å². The van der Waals surface area contributed by atoms with E-state index in [1.165, 1.54) is 0 Å². The first kappa shape index (κ1) is 12.9. The fraction of sp³-hybridized carbons (Fsp3) is 0.500. The maximum absolute atomic E-state index is 10.5. The van der Waals surface area contributed by atoms with Crippen LogP contribution in [0.5, 0.6) is 5.88 Å². The molecule has 6 heteroatoms. The van der Waals surface area contributed by atoms with Crippen LogP contribution < -0.4 is 10.5 Å². The van der Waals surface area contributed by atoms with Gasteiger partial charge in [-0.1, -0.05) is 0 Å². The number of carbonyl (C=O) groups excluding carboxylic acids is 1. The smallest absolute Gasteiger partial charge is 0.293 e. The van der Waals surface area contributed by atoms with E-state index in [1.807, 2.05) is 17.1 Å². The predicted molar refractivity (Wildman–Crippen MR) is 71.3 cm³/mol. The molecular formula is C12H17BN3O2. The van der Waals surface area contributed by atoms with Gasteiger partial charge in [0.25, 0.3) is 7.41 Å². The lowest BCUT2D eigenvalue weighted by molar-refractivity contribution is 0.326. The molecule has 0 spiro atoms. The Morgan fingerprint density at radius 3 is 3.17 bits per heavy atom. The molecule has 2 rings (SSSR count). The summed E-state index contributed by atoms with van der Waals surface area (Å²) in [5, 5.41) is 0. The standard InChI is InChI=1S/C12H17BN3O2/c1-18-12-11(14)5-10(6-15-12)9-3-2-4-16(7-9)13-8-17/h5-6,8-9H,2-4,7,14H2,1H3. The summed E-state index contributed by atoms with van der Waals surface area (Å²) in [6.45, 7) is 1.78. The zero-order valence-electron chi connectivity index (χ0n) is 10.5. The van der Waals surface area contributed by atoms with Crippen molar-refractivity contribution in [1.29, 1.82) is 0 Å². The molecule has 18 heavy (non-hydrogen) atoms. The molecule has 2 heterocycles. The number of nitrogen functional groups attached to an aromatic ring is 1. The van der Waals surface area contributed by atoms with Gasteiger partial charge in [0, 0.05) is 6.20 Å². The Morgan fingerprint density at radius 1 is 1.67 bits per heavy atom. The summed E-state index contributed by atoms with van der Waals surface area (Å²) >= 11 is 0. The molecule has 0 amide bonds. The van der Waals surface area contributed by atoms with E-state index in [0.717, 1.165) is 37.7 Å². The van der Waals surface area contributed by atoms with Gasteiger partial charge in [-0.25, -0.2) is 4.98 Å². The normalized spacial score (nSPS) is 20.4. The van der Waals surface area contributed by atoms with Crippen molar-refractivity contribution in [2.75, 3.05) is 25.9 Å². The Hall–Kier alpha value is -1.56. The molecule has 5 nitrogen and oxygen atoms in total. The average molecular weight is 246 g/mol. The van der Waals surface area contributed by atoms with E-state index in [2.05, 4.69) is 4.98 Å². The summed E-state index contributed by atoms with van der Waals surface area (Å²) in [6.07, 6.45) is 4.81. The van der Waals surface area contributed by atoms with Crippen molar-refractivity contribution in [1.82, 2.24) is 9.79 Å². The molecule has 95 valence electrons. The lowest BCUT2D eigenvalue weighted by atomic mass is 9.84. The number of nitrogens with two attached hydrogens (primary N) is 1. The van der Waals surface area contributed by atoms with Crippen molar-refractivity contribution in [3.63, 3.8) is 0 Å². The number of hydrogen-bond donors (Lipinski definition) is 1. The Bertz CT molecular complexity index is 428. The van der Waals surface area contributed by atoms with Gasteiger partial charge in [-0.3, -0.25) is 0 Å². The first-order valence-corrected chi connectivity index (χ1v) is 6.06. The van der Waals surface area contributed by atoms with Crippen LogP contribution in [0.2, 0.25) is 0 Å². The SMILES string of the molecule is COc1ncc(C2CCCN([B]C=O)C2)cc1N. The molecule has 1 unspecified atom stereocenters. The number of methoxy groups -OCH3 is 1. The summed E-state index contributed by atoms with van der Waals surface area (Å²) in [4.78, 5) is 16.7. The Balaban J connectivity index is 2.10. The molecule has 0 bridgehead atoms. The topological polar surface area (TPSA) is 68.5 Å². The van der Waals surface area contributed by atoms with E-state index in [1.54, 1.807) is 14.5 Å². The summed E-state index contributed by atoms with van der Waals surface area (Å²) in [7, 11) is 3.16. The van der Waals surface area contributed by atoms with E-state index >= 15 is 0 Å². The van der Waals surface area contributed by atoms with Gasteiger partial charge in [-0.05, 0) is 43.5 Å². The maximum atomic E-state index is 10.5. The molecule has 0 aromatic carbocycles. The minimum atomic E-state index is 0.371. The highest BCUT2D eigenvalue weighted by atomic mass is 16.5. The first-order valence-electron chi connectivity index (χ1n) is 6.06. The van der Waals surface area contributed by atoms with Gasteiger partial charge in [0.1, 0.15) is 0 Å². The van der Waals surface area contributed by atoms with E-state index in [0.29, 0.717) is 17.5 Å². The number of pyridine rings is 1.